The number of halogens is 1. The van der Waals surface area contributed by atoms with Gasteiger partial charge in [0.05, 0.1) is 0 Å². The average molecular weight is 360 g/mol. The van der Waals surface area contributed by atoms with Crippen molar-refractivity contribution in [2.75, 3.05) is 26.2 Å². The van der Waals surface area contributed by atoms with Crippen LogP contribution < -0.4 is 10.6 Å². The first-order valence-electron chi connectivity index (χ1n) is 9.26. The average Bonchev–Trinajstić information content (AvgIpc) is 3.06. The number of hydrogen-bond acceptors (Lipinski definition) is 3. The molecule has 0 aliphatic carbocycles. The second-order valence-corrected chi connectivity index (χ2v) is 7.59. The number of nitrogens with one attached hydrogen (secondary N) is 2. The largest absolute Gasteiger partial charge is 0.353 e. The van der Waals surface area contributed by atoms with Crippen molar-refractivity contribution in [2.24, 2.45) is 17.8 Å². The van der Waals surface area contributed by atoms with E-state index in [4.69, 9.17) is 0 Å². The molecular weight excluding hydrogens is 326 g/mol. The van der Waals surface area contributed by atoms with E-state index in [-0.39, 0.29) is 36.2 Å². The Balaban J connectivity index is 0.00000288. The summed E-state index contributed by atoms with van der Waals surface area (Å²) in [5, 5.41) is 6.45. The summed E-state index contributed by atoms with van der Waals surface area (Å²) in [5.41, 5.74) is 0. The molecule has 0 saturated carbocycles. The predicted octanol–water partition coefficient (Wildman–Crippen LogP) is 2.20. The molecule has 2 aliphatic heterocycles. The van der Waals surface area contributed by atoms with Gasteiger partial charge in [-0.1, -0.05) is 13.8 Å². The van der Waals surface area contributed by atoms with Crippen LogP contribution in [0.1, 0.15) is 52.9 Å². The second kappa shape index (κ2) is 10.2. The van der Waals surface area contributed by atoms with Crippen molar-refractivity contribution in [3.05, 3.63) is 0 Å². The molecule has 0 spiro atoms. The molecule has 0 radical (unpaired) electrons. The standard InChI is InChI=1S/C18H33N3O2.ClH/c1-13(2)14(3)20-18(23)16-7-10-21(11-8-16)17(22)5-4-15-6-9-19-12-15;/h13-16,19H,4-12H2,1-3H3,(H,20,23);1H. The number of carbonyl (C=O) groups excluding carboxylic acids is 2. The zero-order valence-electron chi connectivity index (χ0n) is 15.3. The number of carbonyl (C=O) groups is 2. The van der Waals surface area contributed by atoms with Crippen molar-refractivity contribution in [2.45, 2.75) is 58.9 Å². The van der Waals surface area contributed by atoms with Crippen LogP contribution in [0.15, 0.2) is 0 Å². The third kappa shape index (κ3) is 6.25. The summed E-state index contributed by atoms with van der Waals surface area (Å²) < 4.78 is 0. The van der Waals surface area contributed by atoms with Gasteiger partial charge >= 0.3 is 0 Å². The monoisotopic (exact) mass is 359 g/mol. The molecule has 24 heavy (non-hydrogen) atoms. The van der Waals surface area contributed by atoms with Gasteiger partial charge in [0.25, 0.3) is 0 Å². The first-order valence-corrected chi connectivity index (χ1v) is 9.26. The lowest BCUT2D eigenvalue weighted by molar-refractivity contribution is -0.136. The molecule has 2 saturated heterocycles. The van der Waals surface area contributed by atoms with Gasteiger partial charge in [0, 0.05) is 31.5 Å². The van der Waals surface area contributed by atoms with Crippen molar-refractivity contribution in [3.63, 3.8) is 0 Å². The van der Waals surface area contributed by atoms with Gasteiger partial charge in [-0.3, -0.25) is 9.59 Å². The lowest BCUT2D eigenvalue weighted by Crippen LogP contribution is -2.45. The van der Waals surface area contributed by atoms with E-state index in [1.165, 1.54) is 6.42 Å². The highest BCUT2D eigenvalue weighted by molar-refractivity contribution is 5.85. The molecule has 0 aromatic rings. The Morgan fingerprint density at radius 3 is 2.38 bits per heavy atom. The lowest BCUT2D eigenvalue weighted by Gasteiger charge is -2.32. The molecule has 2 fully saturated rings. The fourth-order valence-corrected chi connectivity index (χ4v) is 3.35. The first kappa shape index (κ1) is 21.2. The smallest absolute Gasteiger partial charge is 0.223 e. The Morgan fingerprint density at radius 1 is 1.17 bits per heavy atom. The predicted molar refractivity (Wildman–Crippen MR) is 99.2 cm³/mol. The van der Waals surface area contributed by atoms with Crippen LogP contribution in [0.5, 0.6) is 0 Å². The van der Waals surface area contributed by atoms with Crippen LogP contribution in [0.3, 0.4) is 0 Å². The normalized spacial score (nSPS) is 23.0. The summed E-state index contributed by atoms with van der Waals surface area (Å²) in [4.78, 5) is 26.5. The van der Waals surface area contributed by atoms with E-state index in [9.17, 15) is 9.59 Å². The van der Waals surface area contributed by atoms with Crippen molar-refractivity contribution in [1.29, 1.82) is 0 Å². The van der Waals surface area contributed by atoms with Crippen LogP contribution in [0, 0.1) is 17.8 Å². The van der Waals surface area contributed by atoms with Crippen molar-refractivity contribution in [3.8, 4) is 0 Å². The van der Waals surface area contributed by atoms with Crippen molar-refractivity contribution < 1.29 is 9.59 Å². The van der Waals surface area contributed by atoms with Gasteiger partial charge in [-0.25, -0.2) is 0 Å². The quantitative estimate of drug-likeness (QED) is 0.764. The minimum absolute atomic E-state index is 0. The molecule has 6 heteroatoms. The fraction of sp³-hybridized carbons (Fsp3) is 0.889. The number of likely N-dealkylation sites (tertiary alicyclic amines) is 1. The fourth-order valence-electron chi connectivity index (χ4n) is 3.35. The van der Waals surface area contributed by atoms with E-state index in [2.05, 4.69) is 31.4 Å². The van der Waals surface area contributed by atoms with E-state index < -0.39 is 0 Å². The van der Waals surface area contributed by atoms with Crippen molar-refractivity contribution in [1.82, 2.24) is 15.5 Å². The molecule has 0 bridgehead atoms. The zero-order valence-corrected chi connectivity index (χ0v) is 16.2. The van der Waals surface area contributed by atoms with Gasteiger partial charge in [-0.05, 0) is 57.5 Å². The molecule has 5 nitrogen and oxygen atoms in total. The first-order chi connectivity index (χ1) is 11.0. The number of rotatable bonds is 6. The van der Waals surface area contributed by atoms with E-state index in [0.717, 1.165) is 45.4 Å². The van der Waals surface area contributed by atoms with Gasteiger partial charge in [-0.2, -0.15) is 0 Å². The third-order valence-electron chi connectivity index (χ3n) is 5.52. The minimum atomic E-state index is 0. The summed E-state index contributed by atoms with van der Waals surface area (Å²) in [6, 6.07) is 0.210. The molecule has 2 rings (SSSR count). The minimum Gasteiger partial charge on any atom is -0.353 e. The highest BCUT2D eigenvalue weighted by Crippen LogP contribution is 2.21. The number of nitrogens with zero attached hydrogens (tertiary/aromatic N) is 1. The highest BCUT2D eigenvalue weighted by atomic mass is 35.5. The van der Waals surface area contributed by atoms with Gasteiger partial charge in [0.2, 0.25) is 11.8 Å². The summed E-state index contributed by atoms with van der Waals surface area (Å²) in [6.07, 6.45) is 4.45. The molecular formula is C18H34ClN3O2. The molecule has 2 amide bonds. The maximum absolute atomic E-state index is 12.3. The number of piperidine rings is 1. The van der Waals surface area contributed by atoms with Gasteiger partial charge in [0.15, 0.2) is 0 Å². The third-order valence-corrected chi connectivity index (χ3v) is 5.52. The Hall–Kier alpha value is -0.810. The van der Waals surface area contributed by atoms with Crippen LogP contribution >= 0.6 is 12.4 Å². The van der Waals surface area contributed by atoms with Crippen LogP contribution in [-0.2, 0) is 9.59 Å². The molecule has 2 unspecified atom stereocenters. The van der Waals surface area contributed by atoms with E-state index in [1.54, 1.807) is 0 Å². The summed E-state index contributed by atoms with van der Waals surface area (Å²) in [7, 11) is 0. The maximum atomic E-state index is 12.3. The van der Waals surface area contributed by atoms with Gasteiger partial charge < -0.3 is 15.5 Å². The molecule has 2 N–H and O–H groups in total. The van der Waals surface area contributed by atoms with E-state index in [0.29, 0.717) is 18.3 Å². The lowest BCUT2D eigenvalue weighted by atomic mass is 9.94. The molecule has 0 aromatic heterocycles. The van der Waals surface area contributed by atoms with Crippen LogP contribution in [0.25, 0.3) is 0 Å². The van der Waals surface area contributed by atoms with Crippen LogP contribution in [0.4, 0.5) is 0 Å². The van der Waals surface area contributed by atoms with Crippen molar-refractivity contribution >= 4 is 24.2 Å². The Bertz CT molecular complexity index is 403. The second-order valence-electron chi connectivity index (χ2n) is 7.59. The Labute approximate surface area is 152 Å². The zero-order chi connectivity index (χ0) is 16.8. The molecule has 0 aromatic carbocycles. The highest BCUT2D eigenvalue weighted by Gasteiger charge is 2.28. The summed E-state index contributed by atoms with van der Waals surface area (Å²) in [6.45, 7) is 9.90. The maximum Gasteiger partial charge on any atom is 0.223 e. The Kier molecular flexibility index (Phi) is 9.06. The molecule has 140 valence electrons. The molecule has 2 atom stereocenters. The van der Waals surface area contributed by atoms with Gasteiger partial charge in [0.1, 0.15) is 0 Å². The summed E-state index contributed by atoms with van der Waals surface area (Å²) in [5.74, 6) is 1.62. The number of amides is 2. The number of hydrogen-bond donors (Lipinski definition) is 2. The van der Waals surface area contributed by atoms with Gasteiger partial charge in [-0.15, -0.1) is 12.4 Å². The van der Waals surface area contributed by atoms with Crippen LogP contribution in [-0.4, -0.2) is 48.9 Å². The van der Waals surface area contributed by atoms with Crippen LogP contribution in [0.2, 0.25) is 0 Å². The van der Waals surface area contributed by atoms with E-state index in [1.807, 2.05) is 4.90 Å². The molecule has 2 heterocycles. The Morgan fingerprint density at radius 2 is 1.83 bits per heavy atom. The SMILES string of the molecule is CC(C)C(C)NC(=O)C1CCN(C(=O)CCC2CCNC2)CC1.Cl. The summed E-state index contributed by atoms with van der Waals surface area (Å²) >= 11 is 0. The van der Waals surface area contributed by atoms with E-state index >= 15 is 0 Å². The molecule has 2 aliphatic rings. The topological polar surface area (TPSA) is 61.4 Å².